The molecule has 2 aromatic rings. The van der Waals surface area contributed by atoms with Gasteiger partial charge in [-0.2, -0.15) is 0 Å². The molecule has 40 heavy (non-hydrogen) atoms. The third-order valence-electron chi connectivity index (χ3n) is 7.14. The number of benzene rings is 2. The SMILES string of the molecule is COc1cc2c(c(OC)c1CC=C(C)C)C(=O)C[C@@H](c1ccc(OC)c(OC)c1C/C=C(\C)CCC=C(C)C)O2. The standard InChI is InChI=1S/C34H44O6/c1-21(2)11-10-12-23(5)14-16-25-24(17-18-28(36-6)33(25)38-8)30-19-27(35)32-31(40-30)20-29(37-7)26(34(32)39-9)15-13-22(3)4/h11,13-14,17-18,20,30H,10,12,15-16,19H2,1-9H3/b23-14+/t30-/m0/s1. The Morgan fingerprint density at radius 3 is 2.08 bits per heavy atom. The smallest absolute Gasteiger partial charge is 0.174 e. The van der Waals surface area contributed by atoms with E-state index in [-0.39, 0.29) is 12.2 Å². The van der Waals surface area contributed by atoms with E-state index in [2.05, 4.69) is 39.0 Å². The van der Waals surface area contributed by atoms with Gasteiger partial charge in [-0.15, -0.1) is 0 Å². The third kappa shape index (κ3) is 7.09. The Labute approximate surface area is 239 Å². The molecule has 216 valence electrons. The summed E-state index contributed by atoms with van der Waals surface area (Å²) in [4.78, 5) is 13.7. The maximum absolute atomic E-state index is 13.7. The molecule has 0 bridgehead atoms. The number of Topliss-reactive ketones (excluding diaryl/α,β-unsaturated/α-hetero) is 1. The van der Waals surface area contributed by atoms with Gasteiger partial charge in [-0.05, 0) is 66.4 Å². The lowest BCUT2D eigenvalue weighted by Gasteiger charge is -2.30. The molecule has 1 aliphatic rings. The predicted molar refractivity (Wildman–Crippen MR) is 161 cm³/mol. The molecule has 0 saturated heterocycles. The van der Waals surface area contributed by atoms with Gasteiger partial charge in [0.15, 0.2) is 17.3 Å². The van der Waals surface area contributed by atoms with E-state index < -0.39 is 6.10 Å². The van der Waals surface area contributed by atoms with Crippen LogP contribution < -0.4 is 23.7 Å². The Morgan fingerprint density at radius 1 is 0.825 bits per heavy atom. The van der Waals surface area contributed by atoms with Crippen LogP contribution >= 0.6 is 0 Å². The highest BCUT2D eigenvalue weighted by Gasteiger charge is 2.35. The summed E-state index contributed by atoms with van der Waals surface area (Å²) in [6.45, 7) is 10.5. The number of carbonyl (C=O) groups is 1. The van der Waals surface area contributed by atoms with E-state index >= 15 is 0 Å². The highest BCUT2D eigenvalue weighted by molar-refractivity contribution is 6.03. The van der Waals surface area contributed by atoms with Crippen molar-refractivity contribution in [2.45, 2.75) is 72.8 Å². The van der Waals surface area contributed by atoms with Crippen LogP contribution in [0.25, 0.3) is 0 Å². The molecule has 2 aromatic carbocycles. The van der Waals surface area contributed by atoms with Crippen molar-refractivity contribution < 1.29 is 28.5 Å². The molecule has 0 unspecified atom stereocenters. The summed E-state index contributed by atoms with van der Waals surface area (Å²) >= 11 is 0. The van der Waals surface area contributed by atoms with Crippen LogP contribution in [0.3, 0.4) is 0 Å². The molecular weight excluding hydrogens is 504 g/mol. The molecule has 0 fully saturated rings. The molecule has 0 radical (unpaired) electrons. The molecule has 0 amide bonds. The van der Waals surface area contributed by atoms with E-state index in [1.807, 2.05) is 32.0 Å². The van der Waals surface area contributed by atoms with Gasteiger partial charge >= 0.3 is 0 Å². The first kappa shape index (κ1) is 30.9. The minimum Gasteiger partial charge on any atom is -0.496 e. The number of hydrogen-bond donors (Lipinski definition) is 0. The van der Waals surface area contributed by atoms with Gasteiger partial charge in [-0.3, -0.25) is 4.79 Å². The molecule has 0 aliphatic carbocycles. The monoisotopic (exact) mass is 548 g/mol. The molecule has 6 nitrogen and oxygen atoms in total. The average molecular weight is 549 g/mol. The zero-order chi connectivity index (χ0) is 29.4. The van der Waals surface area contributed by atoms with Crippen molar-refractivity contribution in [1.82, 2.24) is 0 Å². The Balaban J connectivity index is 2.06. The topological polar surface area (TPSA) is 63.2 Å². The predicted octanol–water partition coefficient (Wildman–Crippen LogP) is 8.17. The summed E-state index contributed by atoms with van der Waals surface area (Å²) in [6.07, 6.45) is 9.46. The Morgan fingerprint density at radius 2 is 1.48 bits per heavy atom. The van der Waals surface area contributed by atoms with Crippen LogP contribution in [0, 0.1) is 0 Å². The van der Waals surface area contributed by atoms with Crippen molar-refractivity contribution in [2.24, 2.45) is 0 Å². The lowest BCUT2D eigenvalue weighted by atomic mass is 9.89. The van der Waals surface area contributed by atoms with Crippen molar-refractivity contribution in [3.8, 4) is 28.7 Å². The first-order valence-electron chi connectivity index (χ1n) is 13.8. The van der Waals surface area contributed by atoms with Crippen molar-refractivity contribution in [3.63, 3.8) is 0 Å². The summed E-state index contributed by atoms with van der Waals surface area (Å²) in [5, 5.41) is 0. The molecule has 3 rings (SSSR count). The van der Waals surface area contributed by atoms with Crippen LogP contribution in [-0.4, -0.2) is 34.2 Å². The second-order valence-corrected chi connectivity index (χ2v) is 10.6. The highest BCUT2D eigenvalue weighted by Crippen LogP contribution is 2.47. The molecule has 0 spiro atoms. The quantitative estimate of drug-likeness (QED) is 0.249. The van der Waals surface area contributed by atoms with Crippen molar-refractivity contribution in [3.05, 3.63) is 75.4 Å². The van der Waals surface area contributed by atoms with E-state index in [1.54, 1.807) is 28.4 Å². The van der Waals surface area contributed by atoms with E-state index in [0.29, 0.717) is 47.2 Å². The van der Waals surface area contributed by atoms with Crippen molar-refractivity contribution in [2.75, 3.05) is 28.4 Å². The number of fused-ring (bicyclic) bond motifs is 1. The van der Waals surface area contributed by atoms with Crippen molar-refractivity contribution in [1.29, 1.82) is 0 Å². The summed E-state index contributed by atoms with van der Waals surface area (Å²) in [6, 6.07) is 5.66. The van der Waals surface area contributed by atoms with Crippen molar-refractivity contribution >= 4 is 5.78 Å². The van der Waals surface area contributed by atoms with Gasteiger partial charge in [0.25, 0.3) is 0 Å². The summed E-state index contributed by atoms with van der Waals surface area (Å²) < 4.78 is 29.5. The van der Waals surface area contributed by atoms with Crippen LogP contribution in [0.2, 0.25) is 0 Å². The van der Waals surface area contributed by atoms with Crippen LogP contribution in [0.5, 0.6) is 28.7 Å². The molecule has 0 N–H and O–H groups in total. The lowest BCUT2D eigenvalue weighted by molar-refractivity contribution is 0.0842. The fourth-order valence-electron chi connectivity index (χ4n) is 5.04. The molecule has 1 heterocycles. The zero-order valence-electron chi connectivity index (χ0n) is 25.5. The number of ketones is 1. The first-order chi connectivity index (χ1) is 19.1. The second kappa shape index (κ2) is 14.1. The maximum Gasteiger partial charge on any atom is 0.174 e. The molecule has 1 aliphatic heterocycles. The van der Waals surface area contributed by atoms with Gasteiger partial charge in [0.1, 0.15) is 28.9 Å². The summed E-state index contributed by atoms with van der Waals surface area (Å²) in [5.74, 6) is 2.87. The van der Waals surface area contributed by atoms with Crippen LogP contribution in [0.15, 0.2) is 53.1 Å². The van der Waals surface area contributed by atoms with Gasteiger partial charge in [0.05, 0.1) is 34.9 Å². The molecular formula is C34H44O6. The van der Waals surface area contributed by atoms with Crippen LogP contribution in [0.4, 0.5) is 0 Å². The minimum absolute atomic E-state index is 0.0293. The zero-order valence-corrected chi connectivity index (χ0v) is 25.5. The Bertz CT molecular complexity index is 1310. The largest absolute Gasteiger partial charge is 0.496 e. The Kier molecular flexibility index (Phi) is 10.9. The minimum atomic E-state index is -0.493. The normalized spacial score (nSPS) is 14.6. The number of methoxy groups -OCH3 is 4. The number of ether oxygens (including phenoxy) is 5. The summed E-state index contributed by atoms with van der Waals surface area (Å²) in [7, 11) is 6.47. The van der Waals surface area contributed by atoms with E-state index in [0.717, 1.165) is 29.5 Å². The number of rotatable bonds is 12. The molecule has 1 atom stereocenters. The second-order valence-electron chi connectivity index (χ2n) is 10.6. The molecule has 0 aromatic heterocycles. The first-order valence-corrected chi connectivity index (χ1v) is 13.8. The summed E-state index contributed by atoms with van der Waals surface area (Å²) in [5.41, 5.74) is 6.93. The number of hydrogen-bond acceptors (Lipinski definition) is 6. The van der Waals surface area contributed by atoms with Gasteiger partial charge in [-0.1, -0.05) is 41.0 Å². The Hall–Kier alpha value is -3.67. The average Bonchev–Trinajstić information content (AvgIpc) is 2.92. The fourth-order valence-corrected chi connectivity index (χ4v) is 5.04. The molecule has 6 heteroatoms. The van der Waals surface area contributed by atoms with Gasteiger partial charge < -0.3 is 23.7 Å². The van der Waals surface area contributed by atoms with Crippen LogP contribution in [-0.2, 0) is 12.8 Å². The number of allylic oxidation sites excluding steroid dienone is 6. The van der Waals surface area contributed by atoms with E-state index in [9.17, 15) is 4.79 Å². The number of carbonyl (C=O) groups excluding carboxylic acids is 1. The maximum atomic E-state index is 13.7. The van der Waals surface area contributed by atoms with E-state index in [1.165, 1.54) is 16.7 Å². The third-order valence-corrected chi connectivity index (χ3v) is 7.14. The highest BCUT2D eigenvalue weighted by atomic mass is 16.5. The van der Waals surface area contributed by atoms with Gasteiger partial charge in [-0.25, -0.2) is 0 Å². The van der Waals surface area contributed by atoms with Crippen LogP contribution in [0.1, 0.15) is 87.0 Å². The van der Waals surface area contributed by atoms with Gasteiger partial charge in [0.2, 0.25) is 0 Å². The molecule has 0 saturated carbocycles. The lowest BCUT2D eigenvalue weighted by Crippen LogP contribution is -2.23. The van der Waals surface area contributed by atoms with Gasteiger partial charge in [0, 0.05) is 22.8 Å². The fraction of sp³-hybridized carbons (Fsp3) is 0.441. The van der Waals surface area contributed by atoms with E-state index in [4.69, 9.17) is 23.7 Å².